The number of rotatable bonds is 6. The molecule has 22 heavy (non-hydrogen) atoms. The van der Waals surface area contributed by atoms with Gasteiger partial charge in [-0.15, -0.1) is 0 Å². The highest BCUT2D eigenvalue weighted by atomic mass is 16.5. The largest absolute Gasteiger partial charge is 0.493 e. The second kappa shape index (κ2) is 8.66. The molecule has 7 nitrogen and oxygen atoms in total. The molecule has 0 saturated carbocycles. The van der Waals surface area contributed by atoms with Gasteiger partial charge in [0.15, 0.2) is 11.5 Å². The van der Waals surface area contributed by atoms with Gasteiger partial charge in [0.05, 0.1) is 20.4 Å². The smallest absolute Gasteiger partial charge is 0.329 e. The van der Waals surface area contributed by atoms with Crippen LogP contribution in [-0.4, -0.2) is 50.2 Å². The molecule has 0 bridgehead atoms. The van der Waals surface area contributed by atoms with Crippen molar-refractivity contribution in [3.8, 4) is 11.5 Å². The van der Waals surface area contributed by atoms with Crippen LogP contribution in [0.1, 0.15) is 19.4 Å². The van der Waals surface area contributed by atoms with E-state index in [4.69, 9.17) is 9.47 Å². The average molecular weight is 307 g/mol. The van der Waals surface area contributed by atoms with Gasteiger partial charge >= 0.3 is 11.8 Å². The van der Waals surface area contributed by atoms with E-state index in [0.29, 0.717) is 30.2 Å². The van der Waals surface area contributed by atoms with Gasteiger partial charge < -0.3 is 14.4 Å². The molecule has 0 saturated heterocycles. The van der Waals surface area contributed by atoms with Crippen LogP contribution >= 0.6 is 0 Å². The van der Waals surface area contributed by atoms with Crippen LogP contribution in [0, 0.1) is 0 Å². The van der Waals surface area contributed by atoms with Crippen molar-refractivity contribution in [1.29, 1.82) is 0 Å². The predicted molar refractivity (Wildman–Crippen MR) is 83.2 cm³/mol. The van der Waals surface area contributed by atoms with Crippen LogP contribution < -0.4 is 14.9 Å². The number of nitrogens with one attached hydrogen (secondary N) is 1. The summed E-state index contributed by atoms with van der Waals surface area (Å²) < 4.78 is 10.3. The molecule has 0 unspecified atom stereocenters. The van der Waals surface area contributed by atoms with E-state index in [0.717, 1.165) is 0 Å². The van der Waals surface area contributed by atoms with Crippen molar-refractivity contribution in [3.05, 3.63) is 23.8 Å². The molecule has 1 aromatic carbocycles. The maximum absolute atomic E-state index is 11.7. The summed E-state index contributed by atoms with van der Waals surface area (Å²) in [5.41, 5.74) is 2.92. The number of ether oxygens (including phenoxy) is 2. The molecule has 1 rings (SSSR count). The second-order valence-electron chi connectivity index (χ2n) is 4.29. The van der Waals surface area contributed by atoms with Crippen molar-refractivity contribution in [1.82, 2.24) is 10.3 Å². The molecular weight excluding hydrogens is 286 g/mol. The number of carbonyl (C=O) groups is 2. The van der Waals surface area contributed by atoms with Crippen LogP contribution in [0.4, 0.5) is 0 Å². The molecule has 1 aromatic rings. The van der Waals surface area contributed by atoms with E-state index in [2.05, 4.69) is 10.5 Å². The minimum atomic E-state index is -0.763. The summed E-state index contributed by atoms with van der Waals surface area (Å²) in [4.78, 5) is 24.8. The number of carbonyl (C=O) groups excluding carboxylic acids is 2. The van der Waals surface area contributed by atoms with Gasteiger partial charge in [-0.3, -0.25) is 9.59 Å². The molecule has 0 atom stereocenters. The number of hydrazone groups is 1. The van der Waals surface area contributed by atoms with Gasteiger partial charge in [-0.05, 0) is 37.6 Å². The molecule has 1 N–H and O–H groups in total. The molecule has 0 aliphatic rings. The molecule has 7 heteroatoms. The van der Waals surface area contributed by atoms with Crippen molar-refractivity contribution in [3.63, 3.8) is 0 Å². The minimum Gasteiger partial charge on any atom is -0.493 e. The Balaban J connectivity index is 2.69. The molecule has 0 spiro atoms. The molecule has 0 aliphatic heterocycles. The Bertz CT molecular complexity index is 554. The first-order valence-electron chi connectivity index (χ1n) is 6.91. The van der Waals surface area contributed by atoms with Crippen molar-refractivity contribution in [2.24, 2.45) is 5.10 Å². The van der Waals surface area contributed by atoms with Crippen LogP contribution in [0.15, 0.2) is 23.3 Å². The number of methoxy groups -OCH3 is 2. The summed E-state index contributed by atoms with van der Waals surface area (Å²) in [6.07, 6.45) is 1.43. The number of hydrogen-bond acceptors (Lipinski definition) is 5. The van der Waals surface area contributed by atoms with Gasteiger partial charge in [0.25, 0.3) is 0 Å². The van der Waals surface area contributed by atoms with Crippen LogP contribution in [0.2, 0.25) is 0 Å². The normalized spacial score (nSPS) is 10.4. The molecule has 0 aliphatic carbocycles. The fourth-order valence-corrected chi connectivity index (χ4v) is 1.80. The van der Waals surface area contributed by atoms with Crippen LogP contribution in [0.5, 0.6) is 11.5 Å². The summed E-state index contributed by atoms with van der Waals surface area (Å²) in [6, 6.07) is 5.19. The Hall–Kier alpha value is -2.57. The van der Waals surface area contributed by atoms with Gasteiger partial charge in [0, 0.05) is 13.1 Å². The van der Waals surface area contributed by atoms with Crippen molar-refractivity contribution >= 4 is 18.0 Å². The zero-order valence-corrected chi connectivity index (χ0v) is 13.3. The summed E-state index contributed by atoms with van der Waals surface area (Å²) >= 11 is 0. The number of likely N-dealkylation sites (N-methyl/N-ethyl adjacent to an activating group) is 1. The van der Waals surface area contributed by atoms with E-state index in [1.54, 1.807) is 25.3 Å². The summed E-state index contributed by atoms with van der Waals surface area (Å²) in [7, 11) is 3.08. The summed E-state index contributed by atoms with van der Waals surface area (Å²) in [6.45, 7) is 4.56. The van der Waals surface area contributed by atoms with E-state index < -0.39 is 11.8 Å². The highest BCUT2D eigenvalue weighted by Crippen LogP contribution is 2.26. The third kappa shape index (κ3) is 4.47. The molecule has 0 fully saturated rings. The fourth-order valence-electron chi connectivity index (χ4n) is 1.80. The Morgan fingerprint density at radius 3 is 2.36 bits per heavy atom. The number of benzene rings is 1. The zero-order chi connectivity index (χ0) is 16.5. The molecular formula is C15H21N3O4. The molecule has 0 heterocycles. The lowest BCUT2D eigenvalue weighted by molar-refractivity contribution is -0.145. The van der Waals surface area contributed by atoms with E-state index in [9.17, 15) is 9.59 Å². The zero-order valence-electron chi connectivity index (χ0n) is 13.3. The highest BCUT2D eigenvalue weighted by molar-refractivity contribution is 6.34. The van der Waals surface area contributed by atoms with Crippen LogP contribution in [0.3, 0.4) is 0 Å². The Kier molecular flexibility index (Phi) is 6.88. The first-order valence-corrected chi connectivity index (χ1v) is 6.91. The SMILES string of the molecule is CCN(CC)C(=O)C(=O)N/N=C\c1ccc(OC)c(OC)c1. The second-order valence-corrected chi connectivity index (χ2v) is 4.29. The van der Waals surface area contributed by atoms with E-state index in [-0.39, 0.29) is 0 Å². The standard InChI is InChI=1S/C15H21N3O4/c1-5-18(6-2)15(20)14(19)17-16-10-11-7-8-12(21-3)13(9-11)22-4/h7-10H,5-6H2,1-4H3,(H,17,19)/b16-10-. The maximum Gasteiger partial charge on any atom is 0.329 e. The van der Waals surface area contributed by atoms with Gasteiger partial charge in [0.2, 0.25) is 0 Å². The van der Waals surface area contributed by atoms with Gasteiger partial charge in [-0.25, -0.2) is 5.43 Å². The minimum absolute atomic E-state index is 0.474. The molecule has 120 valence electrons. The van der Waals surface area contributed by atoms with Crippen LogP contribution in [0.25, 0.3) is 0 Å². The third-order valence-electron chi connectivity index (χ3n) is 3.03. The van der Waals surface area contributed by atoms with Crippen LogP contribution in [-0.2, 0) is 9.59 Å². The fraction of sp³-hybridized carbons (Fsp3) is 0.400. The lowest BCUT2D eigenvalue weighted by Gasteiger charge is -2.16. The summed E-state index contributed by atoms with van der Waals surface area (Å²) in [5.74, 6) is -0.215. The first kappa shape index (κ1) is 17.5. The van der Waals surface area contributed by atoms with Gasteiger partial charge in [-0.1, -0.05) is 0 Å². The predicted octanol–water partition coefficient (Wildman–Crippen LogP) is 1.02. The topological polar surface area (TPSA) is 80.2 Å². The lowest BCUT2D eigenvalue weighted by Crippen LogP contribution is -2.41. The Labute approximate surface area is 129 Å². The van der Waals surface area contributed by atoms with Crippen molar-refractivity contribution in [2.75, 3.05) is 27.3 Å². The quantitative estimate of drug-likeness (QED) is 0.483. The number of nitrogens with zero attached hydrogens (tertiary/aromatic N) is 2. The van der Waals surface area contributed by atoms with Gasteiger partial charge in [0.1, 0.15) is 0 Å². The van der Waals surface area contributed by atoms with E-state index in [1.165, 1.54) is 18.2 Å². The monoisotopic (exact) mass is 307 g/mol. The first-order chi connectivity index (χ1) is 10.6. The molecule has 2 amide bonds. The van der Waals surface area contributed by atoms with Gasteiger partial charge in [-0.2, -0.15) is 5.10 Å². The Morgan fingerprint density at radius 2 is 1.82 bits per heavy atom. The number of hydrogen-bond donors (Lipinski definition) is 1. The molecule has 0 aromatic heterocycles. The average Bonchev–Trinajstić information content (AvgIpc) is 2.55. The maximum atomic E-state index is 11.7. The third-order valence-corrected chi connectivity index (χ3v) is 3.03. The summed E-state index contributed by atoms with van der Waals surface area (Å²) in [5, 5.41) is 3.78. The van der Waals surface area contributed by atoms with E-state index in [1.807, 2.05) is 13.8 Å². The molecule has 0 radical (unpaired) electrons. The lowest BCUT2D eigenvalue weighted by atomic mass is 10.2. The van der Waals surface area contributed by atoms with Crippen molar-refractivity contribution < 1.29 is 19.1 Å². The van der Waals surface area contributed by atoms with Crippen molar-refractivity contribution in [2.45, 2.75) is 13.8 Å². The number of amides is 2. The van der Waals surface area contributed by atoms with E-state index >= 15 is 0 Å². The Morgan fingerprint density at radius 1 is 1.18 bits per heavy atom. The highest BCUT2D eigenvalue weighted by Gasteiger charge is 2.18.